The predicted octanol–water partition coefficient (Wildman–Crippen LogP) is 1.94. The summed E-state index contributed by atoms with van der Waals surface area (Å²) in [5, 5.41) is 3.40. The Balaban J connectivity index is 2.25. The van der Waals surface area contributed by atoms with E-state index in [1.54, 1.807) is 29.2 Å². The fraction of sp³-hybridized carbons (Fsp3) is 0.429. The van der Waals surface area contributed by atoms with Gasteiger partial charge < -0.3 is 10.2 Å². The van der Waals surface area contributed by atoms with Gasteiger partial charge in [0.25, 0.3) is 5.91 Å². The lowest BCUT2D eigenvalue weighted by Gasteiger charge is -2.37. The van der Waals surface area contributed by atoms with Gasteiger partial charge in [-0.2, -0.15) is 0 Å². The molecule has 0 spiro atoms. The maximum atomic E-state index is 12.5. The molecule has 1 heterocycles. The van der Waals surface area contributed by atoms with Crippen molar-refractivity contribution in [2.24, 2.45) is 5.92 Å². The van der Waals surface area contributed by atoms with Gasteiger partial charge in [-0.25, -0.2) is 0 Å². The molecule has 0 aromatic heterocycles. The van der Waals surface area contributed by atoms with E-state index in [1.165, 1.54) is 0 Å². The smallest absolute Gasteiger partial charge is 0.254 e. The molecule has 19 heavy (non-hydrogen) atoms. The Morgan fingerprint density at radius 1 is 1.37 bits per heavy atom. The minimum atomic E-state index is -0.406. The van der Waals surface area contributed by atoms with Gasteiger partial charge in [-0.15, -0.1) is 0 Å². The molecule has 1 aliphatic heterocycles. The summed E-state index contributed by atoms with van der Waals surface area (Å²) in [6.45, 7) is 4.92. The van der Waals surface area contributed by atoms with Crippen molar-refractivity contribution in [2.75, 3.05) is 13.1 Å². The molecule has 1 aliphatic rings. The van der Waals surface area contributed by atoms with Crippen LogP contribution in [0, 0.1) is 5.92 Å². The Labute approximate surface area is 117 Å². The van der Waals surface area contributed by atoms with E-state index in [9.17, 15) is 9.59 Å². The second kappa shape index (κ2) is 5.61. The third kappa shape index (κ3) is 2.89. The highest BCUT2D eigenvalue weighted by Gasteiger charge is 2.35. The summed E-state index contributed by atoms with van der Waals surface area (Å²) < 4.78 is 0. The third-order valence-electron chi connectivity index (χ3n) is 3.24. The largest absolute Gasteiger partial charge is 0.353 e. The number of nitrogens with zero attached hydrogens (tertiary/aromatic N) is 1. The number of halogens is 1. The second-order valence-corrected chi connectivity index (χ2v) is 5.42. The summed E-state index contributed by atoms with van der Waals surface area (Å²) in [7, 11) is 0. The van der Waals surface area contributed by atoms with Gasteiger partial charge in [0.1, 0.15) is 6.04 Å². The number of amides is 2. The molecule has 2 rings (SSSR count). The van der Waals surface area contributed by atoms with E-state index in [-0.39, 0.29) is 17.7 Å². The third-order valence-corrected chi connectivity index (χ3v) is 3.49. The minimum absolute atomic E-state index is 0.0800. The van der Waals surface area contributed by atoms with Crippen molar-refractivity contribution in [3.05, 3.63) is 34.9 Å². The summed E-state index contributed by atoms with van der Waals surface area (Å²) in [6, 6.07) is 6.34. The van der Waals surface area contributed by atoms with E-state index in [1.807, 2.05) is 13.8 Å². The van der Waals surface area contributed by atoms with Crippen molar-refractivity contribution in [3.8, 4) is 0 Å². The first kappa shape index (κ1) is 13.9. The number of rotatable bonds is 2. The topological polar surface area (TPSA) is 49.4 Å². The van der Waals surface area contributed by atoms with Crippen LogP contribution >= 0.6 is 11.6 Å². The fourth-order valence-electron chi connectivity index (χ4n) is 2.33. The highest BCUT2D eigenvalue weighted by molar-refractivity contribution is 6.30. The first-order chi connectivity index (χ1) is 9.00. The Morgan fingerprint density at radius 3 is 2.58 bits per heavy atom. The van der Waals surface area contributed by atoms with Crippen LogP contribution in [0.1, 0.15) is 24.2 Å². The van der Waals surface area contributed by atoms with Crippen LogP contribution in [-0.2, 0) is 4.79 Å². The fourth-order valence-corrected chi connectivity index (χ4v) is 2.46. The van der Waals surface area contributed by atoms with Crippen LogP contribution in [0.4, 0.5) is 0 Å². The number of nitrogens with one attached hydrogen (secondary N) is 1. The Hall–Kier alpha value is -1.55. The number of piperazine rings is 1. The molecule has 1 fully saturated rings. The summed E-state index contributed by atoms with van der Waals surface area (Å²) >= 11 is 5.82. The van der Waals surface area contributed by atoms with E-state index in [2.05, 4.69) is 5.32 Å². The lowest BCUT2D eigenvalue weighted by molar-refractivity contribution is -0.129. The van der Waals surface area contributed by atoms with Gasteiger partial charge in [0.05, 0.1) is 0 Å². The van der Waals surface area contributed by atoms with Crippen LogP contribution in [0.3, 0.4) is 0 Å². The van der Waals surface area contributed by atoms with Crippen LogP contribution in [0.5, 0.6) is 0 Å². The van der Waals surface area contributed by atoms with Gasteiger partial charge in [0.15, 0.2) is 0 Å². The molecular formula is C14H17ClN2O2. The maximum absolute atomic E-state index is 12.5. The van der Waals surface area contributed by atoms with E-state index >= 15 is 0 Å². The molecule has 1 unspecified atom stereocenters. The number of carbonyl (C=O) groups is 2. The summed E-state index contributed by atoms with van der Waals surface area (Å²) in [5.41, 5.74) is 0.560. The van der Waals surface area contributed by atoms with Crippen molar-refractivity contribution >= 4 is 23.4 Å². The molecule has 1 aromatic carbocycles. The lowest BCUT2D eigenvalue weighted by Crippen LogP contribution is -2.59. The van der Waals surface area contributed by atoms with E-state index < -0.39 is 6.04 Å². The molecule has 1 aromatic rings. The normalized spacial score (nSPS) is 19.5. The average Bonchev–Trinajstić information content (AvgIpc) is 2.38. The van der Waals surface area contributed by atoms with Gasteiger partial charge in [0.2, 0.25) is 5.91 Å². The average molecular weight is 281 g/mol. The van der Waals surface area contributed by atoms with Crippen molar-refractivity contribution in [3.63, 3.8) is 0 Å². The van der Waals surface area contributed by atoms with Gasteiger partial charge >= 0.3 is 0 Å². The highest BCUT2D eigenvalue weighted by Crippen LogP contribution is 2.18. The maximum Gasteiger partial charge on any atom is 0.254 e. The van der Waals surface area contributed by atoms with Crippen molar-refractivity contribution in [2.45, 2.75) is 19.9 Å². The zero-order chi connectivity index (χ0) is 14.0. The summed E-state index contributed by atoms with van der Waals surface area (Å²) in [6.07, 6.45) is 0. The Morgan fingerprint density at radius 2 is 2.00 bits per heavy atom. The van der Waals surface area contributed by atoms with Gasteiger partial charge in [-0.3, -0.25) is 9.59 Å². The van der Waals surface area contributed by atoms with Crippen LogP contribution in [-0.4, -0.2) is 35.8 Å². The minimum Gasteiger partial charge on any atom is -0.353 e. The molecule has 0 aliphatic carbocycles. The lowest BCUT2D eigenvalue weighted by atomic mass is 9.98. The van der Waals surface area contributed by atoms with Gasteiger partial charge in [-0.1, -0.05) is 25.4 Å². The SMILES string of the molecule is CC(C)C1C(=O)NCCN1C(=O)c1ccc(Cl)cc1. The number of carbonyl (C=O) groups excluding carboxylic acids is 2. The quantitative estimate of drug-likeness (QED) is 0.900. The van der Waals surface area contributed by atoms with Crippen LogP contribution in [0.2, 0.25) is 5.02 Å². The molecule has 1 saturated heterocycles. The number of hydrogen-bond donors (Lipinski definition) is 1. The number of hydrogen-bond acceptors (Lipinski definition) is 2. The highest BCUT2D eigenvalue weighted by atomic mass is 35.5. The first-order valence-electron chi connectivity index (χ1n) is 6.35. The molecule has 4 nitrogen and oxygen atoms in total. The predicted molar refractivity (Wildman–Crippen MR) is 74.1 cm³/mol. The molecule has 0 bridgehead atoms. The first-order valence-corrected chi connectivity index (χ1v) is 6.72. The molecule has 0 radical (unpaired) electrons. The monoisotopic (exact) mass is 280 g/mol. The second-order valence-electron chi connectivity index (χ2n) is 4.99. The summed E-state index contributed by atoms with van der Waals surface area (Å²) in [4.78, 5) is 26.0. The van der Waals surface area contributed by atoms with Crippen LogP contribution in [0.15, 0.2) is 24.3 Å². The number of benzene rings is 1. The van der Waals surface area contributed by atoms with Crippen molar-refractivity contribution in [1.29, 1.82) is 0 Å². The molecule has 1 atom stereocenters. The van der Waals surface area contributed by atoms with Crippen LogP contribution < -0.4 is 5.32 Å². The van der Waals surface area contributed by atoms with E-state index in [4.69, 9.17) is 11.6 Å². The van der Waals surface area contributed by atoms with E-state index in [0.717, 1.165) is 0 Å². The Kier molecular flexibility index (Phi) is 4.10. The van der Waals surface area contributed by atoms with E-state index in [0.29, 0.717) is 23.7 Å². The van der Waals surface area contributed by atoms with Crippen molar-refractivity contribution < 1.29 is 9.59 Å². The molecule has 5 heteroatoms. The standard InChI is InChI=1S/C14H17ClN2O2/c1-9(2)12-13(18)16-7-8-17(12)14(19)10-3-5-11(15)6-4-10/h3-6,9,12H,7-8H2,1-2H3,(H,16,18). The molecule has 1 N–H and O–H groups in total. The Bertz CT molecular complexity index is 485. The molecule has 2 amide bonds. The zero-order valence-corrected chi connectivity index (χ0v) is 11.8. The van der Waals surface area contributed by atoms with Crippen molar-refractivity contribution in [1.82, 2.24) is 10.2 Å². The van der Waals surface area contributed by atoms with Crippen LogP contribution in [0.25, 0.3) is 0 Å². The molecule has 0 saturated carbocycles. The molecule has 102 valence electrons. The van der Waals surface area contributed by atoms with Gasteiger partial charge in [-0.05, 0) is 30.2 Å². The van der Waals surface area contributed by atoms with Gasteiger partial charge in [0, 0.05) is 23.7 Å². The zero-order valence-electron chi connectivity index (χ0n) is 11.0. The molecular weight excluding hydrogens is 264 g/mol. The summed E-state index contributed by atoms with van der Waals surface area (Å²) in [5.74, 6) is -0.120.